The van der Waals surface area contributed by atoms with Crippen LogP contribution in [0.15, 0.2) is 48.5 Å². The van der Waals surface area contributed by atoms with Crippen LogP contribution in [0.5, 0.6) is 0 Å². The third-order valence-corrected chi connectivity index (χ3v) is 4.88. The summed E-state index contributed by atoms with van der Waals surface area (Å²) in [5.74, 6) is 0. The molecule has 8 heteroatoms. The van der Waals surface area contributed by atoms with Gasteiger partial charge < -0.3 is 25.4 Å². The lowest BCUT2D eigenvalue weighted by Crippen LogP contribution is -2.25. The van der Waals surface area contributed by atoms with Gasteiger partial charge in [-0.1, -0.05) is 54.6 Å². The van der Waals surface area contributed by atoms with E-state index in [9.17, 15) is 9.67 Å². The number of hydrogen-bond acceptors (Lipinski definition) is 5. The molecule has 5 N–H and O–H groups in total. The standard InChI is InChI=1S/C19H22NO6P/c20-16-4-2-1-3-14(16)8-5-13-6-9-15(10-7-13)18-11-17(21)19(26-18)12-25-27(22,23)24/h1-10,17-19,21H,11-12,20H2,(H2,22,23,24)/b8-5+/t17-,18+,19+/m0/s1. The molecular formula is C19H22NO6P. The van der Waals surface area contributed by atoms with E-state index in [1.54, 1.807) is 0 Å². The quantitative estimate of drug-likeness (QED) is 0.339. The third kappa shape index (κ3) is 5.49. The lowest BCUT2D eigenvalue weighted by atomic mass is 10.0. The molecule has 1 heterocycles. The van der Waals surface area contributed by atoms with Crippen molar-refractivity contribution in [3.05, 3.63) is 65.2 Å². The van der Waals surface area contributed by atoms with Gasteiger partial charge in [-0.15, -0.1) is 0 Å². The summed E-state index contributed by atoms with van der Waals surface area (Å²) in [6.07, 6.45) is 2.26. The van der Waals surface area contributed by atoms with Gasteiger partial charge in [-0.05, 0) is 22.8 Å². The van der Waals surface area contributed by atoms with E-state index >= 15 is 0 Å². The van der Waals surface area contributed by atoms with E-state index < -0.39 is 20.0 Å². The summed E-state index contributed by atoms with van der Waals surface area (Å²) in [5, 5.41) is 10.0. The summed E-state index contributed by atoms with van der Waals surface area (Å²) >= 11 is 0. The number of phosphoric acid groups is 1. The van der Waals surface area contributed by atoms with Crippen molar-refractivity contribution in [1.82, 2.24) is 0 Å². The summed E-state index contributed by atoms with van der Waals surface area (Å²) < 4.78 is 20.9. The van der Waals surface area contributed by atoms with Crippen LogP contribution in [-0.2, 0) is 13.8 Å². The molecule has 0 saturated carbocycles. The maximum Gasteiger partial charge on any atom is 0.469 e. The van der Waals surface area contributed by atoms with Crippen LogP contribution in [-0.4, -0.2) is 33.7 Å². The Morgan fingerprint density at radius 2 is 1.85 bits per heavy atom. The maximum absolute atomic E-state index is 10.8. The van der Waals surface area contributed by atoms with Crippen LogP contribution in [0.1, 0.15) is 29.2 Å². The molecule has 0 aromatic heterocycles. The number of anilines is 1. The van der Waals surface area contributed by atoms with Gasteiger partial charge in [-0.3, -0.25) is 4.52 Å². The fourth-order valence-corrected chi connectivity index (χ4v) is 3.28. The number of nitrogens with two attached hydrogens (primary N) is 1. The van der Waals surface area contributed by atoms with E-state index in [0.29, 0.717) is 12.1 Å². The average molecular weight is 391 g/mol. The third-order valence-electron chi connectivity index (χ3n) is 4.39. The van der Waals surface area contributed by atoms with E-state index in [0.717, 1.165) is 16.7 Å². The SMILES string of the molecule is Nc1ccccc1/C=C/c1ccc([C@H]2C[C@H](O)[C@@H](COP(=O)(O)O)O2)cc1. The van der Waals surface area contributed by atoms with Crippen LogP contribution in [0, 0.1) is 0 Å². The van der Waals surface area contributed by atoms with Crippen LogP contribution >= 0.6 is 7.82 Å². The molecule has 144 valence electrons. The van der Waals surface area contributed by atoms with E-state index in [-0.39, 0.29) is 12.7 Å². The first-order valence-electron chi connectivity index (χ1n) is 8.48. The van der Waals surface area contributed by atoms with E-state index in [4.69, 9.17) is 20.3 Å². The highest BCUT2D eigenvalue weighted by Crippen LogP contribution is 2.39. The van der Waals surface area contributed by atoms with Crippen LogP contribution in [0.4, 0.5) is 5.69 Å². The second-order valence-electron chi connectivity index (χ2n) is 6.38. The molecule has 1 saturated heterocycles. The number of para-hydroxylation sites is 1. The Morgan fingerprint density at radius 3 is 2.52 bits per heavy atom. The number of rotatable bonds is 6. The van der Waals surface area contributed by atoms with Gasteiger partial charge in [0.1, 0.15) is 6.10 Å². The fraction of sp³-hybridized carbons (Fsp3) is 0.263. The zero-order chi connectivity index (χ0) is 19.4. The minimum Gasteiger partial charge on any atom is -0.398 e. The summed E-state index contributed by atoms with van der Waals surface area (Å²) in [6, 6.07) is 15.3. The monoisotopic (exact) mass is 391 g/mol. The number of aliphatic hydroxyl groups is 1. The zero-order valence-electron chi connectivity index (χ0n) is 14.5. The van der Waals surface area contributed by atoms with Crippen molar-refractivity contribution < 1.29 is 28.7 Å². The topological polar surface area (TPSA) is 122 Å². The van der Waals surface area contributed by atoms with Crippen molar-refractivity contribution in [2.45, 2.75) is 24.7 Å². The first-order chi connectivity index (χ1) is 12.8. The maximum atomic E-state index is 10.8. The van der Waals surface area contributed by atoms with Crippen LogP contribution in [0.25, 0.3) is 12.2 Å². The van der Waals surface area contributed by atoms with Crippen LogP contribution in [0.2, 0.25) is 0 Å². The predicted molar refractivity (Wildman–Crippen MR) is 102 cm³/mol. The molecule has 0 unspecified atom stereocenters. The Kier molecular flexibility index (Phi) is 6.11. The fourth-order valence-electron chi connectivity index (χ4n) is 2.93. The Balaban J connectivity index is 1.62. The summed E-state index contributed by atoms with van der Waals surface area (Å²) in [4.78, 5) is 17.5. The lowest BCUT2D eigenvalue weighted by Gasteiger charge is -2.15. The first-order valence-corrected chi connectivity index (χ1v) is 10.0. The highest BCUT2D eigenvalue weighted by molar-refractivity contribution is 7.46. The van der Waals surface area contributed by atoms with Crippen molar-refractivity contribution in [2.24, 2.45) is 0 Å². The number of ether oxygens (including phenoxy) is 1. The molecule has 1 aliphatic rings. The van der Waals surface area contributed by atoms with Crippen molar-refractivity contribution in [3.8, 4) is 0 Å². The molecule has 0 bridgehead atoms. The van der Waals surface area contributed by atoms with Crippen LogP contribution < -0.4 is 5.73 Å². The van der Waals surface area contributed by atoms with Gasteiger partial charge in [0.15, 0.2) is 0 Å². The van der Waals surface area contributed by atoms with Gasteiger partial charge in [-0.25, -0.2) is 4.57 Å². The number of benzene rings is 2. The highest BCUT2D eigenvalue weighted by atomic mass is 31.2. The molecule has 3 atom stereocenters. The van der Waals surface area contributed by atoms with Crippen molar-refractivity contribution in [2.75, 3.05) is 12.3 Å². The van der Waals surface area contributed by atoms with Gasteiger partial charge in [-0.2, -0.15) is 0 Å². The molecule has 1 fully saturated rings. The summed E-state index contributed by atoms with van der Waals surface area (Å²) in [6.45, 7) is -0.360. The molecule has 0 aliphatic carbocycles. The molecule has 0 spiro atoms. The van der Waals surface area contributed by atoms with Crippen molar-refractivity contribution in [1.29, 1.82) is 0 Å². The molecular weight excluding hydrogens is 369 g/mol. The van der Waals surface area contributed by atoms with Gasteiger partial charge >= 0.3 is 7.82 Å². The second-order valence-corrected chi connectivity index (χ2v) is 7.62. The van der Waals surface area contributed by atoms with Gasteiger partial charge in [0.05, 0.1) is 18.8 Å². The Morgan fingerprint density at radius 1 is 1.15 bits per heavy atom. The molecule has 1 aliphatic heterocycles. The first kappa shape index (κ1) is 19.8. The molecule has 7 nitrogen and oxygen atoms in total. The van der Waals surface area contributed by atoms with Crippen molar-refractivity contribution >= 4 is 25.7 Å². The van der Waals surface area contributed by atoms with Gasteiger partial charge in [0.2, 0.25) is 0 Å². The van der Waals surface area contributed by atoms with Crippen molar-refractivity contribution in [3.63, 3.8) is 0 Å². The number of phosphoric ester groups is 1. The minimum absolute atomic E-state index is 0.338. The van der Waals surface area contributed by atoms with E-state index in [2.05, 4.69) is 4.52 Å². The average Bonchev–Trinajstić information content (AvgIpc) is 3.00. The number of hydrogen-bond donors (Lipinski definition) is 4. The predicted octanol–water partition coefficient (Wildman–Crippen LogP) is 2.74. The number of nitrogen functional groups attached to an aromatic ring is 1. The number of aliphatic hydroxyl groups excluding tert-OH is 1. The van der Waals surface area contributed by atoms with Gasteiger partial charge in [0.25, 0.3) is 0 Å². The van der Waals surface area contributed by atoms with E-state index in [1.165, 1.54) is 0 Å². The molecule has 0 amide bonds. The molecule has 2 aromatic carbocycles. The molecule has 0 radical (unpaired) electrons. The second kappa shape index (κ2) is 8.35. The minimum atomic E-state index is -4.59. The summed E-state index contributed by atoms with van der Waals surface area (Å²) in [7, 11) is -4.59. The zero-order valence-corrected chi connectivity index (χ0v) is 15.4. The molecule has 3 rings (SSSR count). The van der Waals surface area contributed by atoms with Crippen LogP contribution in [0.3, 0.4) is 0 Å². The van der Waals surface area contributed by atoms with Gasteiger partial charge in [0, 0.05) is 12.1 Å². The Bertz CT molecular complexity index is 848. The highest BCUT2D eigenvalue weighted by Gasteiger charge is 2.36. The lowest BCUT2D eigenvalue weighted by molar-refractivity contribution is -0.0221. The Hall–Kier alpha value is -1.99. The molecule has 27 heavy (non-hydrogen) atoms. The smallest absolute Gasteiger partial charge is 0.398 e. The Labute approximate surface area is 157 Å². The normalized spacial score (nSPS) is 23.1. The largest absolute Gasteiger partial charge is 0.469 e. The van der Waals surface area contributed by atoms with E-state index in [1.807, 2.05) is 60.7 Å². The summed E-state index contributed by atoms with van der Waals surface area (Å²) in [5.41, 5.74) is 9.44. The molecule has 2 aromatic rings.